The Bertz CT molecular complexity index is 964. The number of hydrogen-bond donors (Lipinski definition) is 0. The number of halogens is 1. The fourth-order valence-electron chi connectivity index (χ4n) is 2.23. The summed E-state index contributed by atoms with van der Waals surface area (Å²) in [6, 6.07) is 11.2. The molecular weight excluding hydrogens is 358 g/mol. The first-order valence-electron chi connectivity index (χ1n) is 7.32. The predicted octanol–water partition coefficient (Wildman–Crippen LogP) is 4.36. The minimum atomic E-state index is -0.154. The largest absolute Gasteiger partial charge is 0.469 e. The molecule has 124 valence electrons. The summed E-state index contributed by atoms with van der Waals surface area (Å²) in [6.45, 7) is 1.26. The average Bonchev–Trinajstić information content (AvgIpc) is 3.06. The number of nitriles is 1. The molecule has 3 rings (SSSR count). The summed E-state index contributed by atoms with van der Waals surface area (Å²) in [5, 5.41) is 9.60. The highest BCUT2D eigenvalue weighted by Gasteiger charge is 2.18. The van der Waals surface area contributed by atoms with Gasteiger partial charge in [-0.05, 0) is 31.2 Å². The Morgan fingerprint density at radius 3 is 2.84 bits per heavy atom. The maximum absolute atomic E-state index is 11.3. The van der Waals surface area contributed by atoms with Crippen LogP contribution in [0.4, 0.5) is 0 Å². The first-order valence-corrected chi connectivity index (χ1v) is 8.51. The van der Waals surface area contributed by atoms with Crippen molar-refractivity contribution in [3.05, 3.63) is 52.6 Å². The van der Waals surface area contributed by atoms with Gasteiger partial charge in [-0.3, -0.25) is 9.78 Å². The molecule has 0 N–H and O–H groups in total. The van der Waals surface area contributed by atoms with Crippen molar-refractivity contribution in [2.75, 3.05) is 6.61 Å². The molecule has 0 aliphatic rings. The van der Waals surface area contributed by atoms with E-state index in [4.69, 9.17) is 16.3 Å². The zero-order chi connectivity index (χ0) is 17.8. The molecule has 3 aromatic heterocycles. The molecule has 0 atom stereocenters. The summed E-state index contributed by atoms with van der Waals surface area (Å²) >= 11 is 7.39. The lowest BCUT2D eigenvalue weighted by atomic mass is 10.0. The molecule has 5 nitrogen and oxygen atoms in total. The molecule has 7 heteroatoms. The van der Waals surface area contributed by atoms with Crippen LogP contribution >= 0.6 is 22.9 Å². The lowest BCUT2D eigenvalue weighted by Gasteiger charge is -2.12. The highest BCUT2D eigenvalue weighted by atomic mass is 35.5. The van der Waals surface area contributed by atoms with Crippen LogP contribution in [0.1, 0.15) is 12.5 Å². The zero-order valence-electron chi connectivity index (χ0n) is 13.2. The summed E-state index contributed by atoms with van der Waals surface area (Å²) in [5.41, 5.74) is 2.29. The van der Waals surface area contributed by atoms with Crippen LogP contribution in [-0.2, 0) is 4.79 Å². The SMILES string of the molecule is CC(=O)COc1nc(-c2ccc(Cl)s2)cc(-c2cccnc2)c1C#N. The monoisotopic (exact) mass is 369 g/mol. The van der Waals surface area contributed by atoms with Crippen LogP contribution in [0.5, 0.6) is 5.88 Å². The van der Waals surface area contributed by atoms with Crippen LogP contribution in [0.3, 0.4) is 0 Å². The first-order chi connectivity index (χ1) is 12.1. The standard InChI is InChI=1S/C18H12ClN3O2S/c1-11(23)10-24-18-14(8-20)13(12-3-2-6-21-9-12)7-15(22-18)16-4-5-17(19)25-16/h2-7,9H,10H2,1H3. The van der Waals surface area contributed by atoms with E-state index in [1.165, 1.54) is 18.3 Å². The molecule has 0 aliphatic heterocycles. The predicted molar refractivity (Wildman–Crippen MR) is 96.7 cm³/mol. The number of ether oxygens (including phenoxy) is 1. The van der Waals surface area contributed by atoms with Gasteiger partial charge >= 0.3 is 0 Å². The van der Waals surface area contributed by atoms with Gasteiger partial charge in [0, 0.05) is 23.5 Å². The molecule has 0 fully saturated rings. The number of Topliss-reactive ketones (excluding diaryl/α,β-unsaturated/α-hetero) is 1. The number of ketones is 1. The van der Waals surface area contributed by atoms with Crippen molar-refractivity contribution < 1.29 is 9.53 Å². The minimum absolute atomic E-state index is 0.124. The van der Waals surface area contributed by atoms with Crippen molar-refractivity contribution in [3.8, 4) is 33.6 Å². The normalized spacial score (nSPS) is 10.3. The van der Waals surface area contributed by atoms with Crippen LogP contribution in [0.15, 0.2) is 42.7 Å². The topological polar surface area (TPSA) is 75.9 Å². The van der Waals surface area contributed by atoms with Gasteiger partial charge in [0.1, 0.15) is 18.2 Å². The van der Waals surface area contributed by atoms with Crippen LogP contribution in [0.2, 0.25) is 4.34 Å². The van der Waals surface area contributed by atoms with Crippen molar-refractivity contribution >= 4 is 28.7 Å². The van der Waals surface area contributed by atoms with Crippen molar-refractivity contribution in [2.45, 2.75) is 6.92 Å². The Kier molecular flexibility index (Phi) is 5.08. The molecular formula is C18H12ClN3O2S. The zero-order valence-corrected chi connectivity index (χ0v) is 14.8. The number of nitrogens with zero attached hydrogens (tertiary/aromatic N) is 3. The van der Waals surface area contributed by atoms with Gasteiger partial charge in [0.25, 0.3) is 0 Å². The summed E-state index contributed by atoms with van der Waals surface area (Å²) in [7, 11) is 0. The second-order valence-electron chi connectivity index (χ2n) is 5.18. The Balaban J connectivity index is 2.19. The lowest BCUT2D eigenvalue weighted by Crippen LogP contribution is -2.09. The third-order valence-electron chi connectivity index (χ3n) is 3.31. The molecule has 3 heterocycles. The molecule has 0 bridgehead atoms. The average molecular weight is 370 g/mol. The van der Waals surface area contributed by atoms with E-state index in [0.29, 0.717) is 15.6 Å². The van der Waals surface area contributed by atoms with E-state index in [1.807, 2.05) is 12.1 Å². The third kappa shape index (κ3) is 3.85. The summed E-state index contributed by atoms with van der Waals surface area (Å²) < 4.78 is 6.12. The molecule has 0 amide bonds. The number of carbonyl (C=O) groups is 1. The van der Waals surface area contributed by atoms with Crippen molar-refractivity contribution in [2.24, 2.45) is 0 Å². The van der Waals surface area contributed by atoms with Gasteiger partial charge in [0.15, 0.2) is 5.78 Å². The maximum atomic E-state index is 11.3. The molecule has 0 radical (unpaired) electrons. The second kappa shape index (κ2) is 7.43. The van der Waals surface area contributed by atoms with E-state index in [-0.39, 0.29) is 23.8 Å². The van der Waals surface area contributed by atoms with Gasteiger partial charge in [-0.2, -0.15) is 5.26 Å². The highest BCUT2D eigenvalue weighted by molar-refractivity contribution is 7.19. The summed E-state index contributed by atoms with van der Waals surface area (Å²) in [5.74, 6) is -0.0308. The third-order valence-corrected chi connectivity index (χ3v) is 4.56. The number of aromatic nitrogens is 2. The van der Waals surface area contributed by atoms with E-state index in [9.17, 15) is 10.1 Å². The molecule has 0 spiro atoms. The molecule has 25 heavy (non-hydrogen) atoms. The van der Waals surface area contributed by atoms with E-state index < -0.39 is 0 Å². The Labute approximate surface area is 153 Å². The van der Waals surface area contributed by atoms with Crippen molar-refractivity contribution in [1.29, 1.82) is 5.26 Å². The maximum Gasteiger partial charge on any atom is 0.233 e. The Hall–Kier alpha value is -2.75. The van der Waals surface area contributed by atoms with Crippen molar-refractivity contribution in [3.63, 3.8) is 0 Å². The number of carbonyl (C=O) groups excluding carboxylic acids is 1. The van der Waals surface area contributed by atoms with Crippen molar-refractivity contribution in [1.82, 2.24) is 9.97 Å². The van der Waals surface area contributed by atoms with Gasteiger partial charge in [0.2, 0.25) is 5.88 Å². The quantitative estimate of drug-likeness (QED) is 0.667. The Morgan fingerprint density at radius 1 is 1.40 bits per heavy atom. The van der Waals surface area contributed by atoms with Crippen LogP contribution < -0.4 is 4.74 Å². The number of hydrogen-bond acceptors (Lipinski definition) is 6. The minimum Gasteiger partial charge on any atom is -0.469 e. The van der Waals surface area contributed by atoms with Gasteiger partial charge in [-0.15, -0.1) is 11.3 Å². The molecule has 0 aliphatic carbocycles. The fourth-order valence-corrected chi connectivity index (χ4v) is 3.24. The van der Waals surface area contributed by atoms with Gasteiger partial charge in [-0.1, -0.05) is 17.7 Å². The number of thiophene rings is 1. The number of pyridine rings is 2. The highest BCUT2D eigenvalue weighted by Crippen LogP contribution is 2.36. The van der Waals surface area contributed by atoms with Gasteiger partial charge in [0.05, 0.1) is 14.9 Å². The van der Waals surface area contributed by atoms with Gasteiger partial charge in [-0.25, -0.2) is 4.98 Å². The molecule has 0 saturated carbocycles. The molecule has 0 aromatic carbocycles. The van der Waals surface area contributed by atoms with E-state index in [2.05, 4.69) is 16.0 Å². The molecule has 3 aromatic rings. The first kappa shape index (κ1) is 17.1. The molecule has 0 unspecified atom stereocenters. The van der Waals surface area contributed by atoms with Gasteiger partial charge < -0.3 is 4.74 Å². The Morgan fingerprint density at radius 2 is 2.24 bits per heavy atom. The van der Waals surface area contributed by atoms with Crippen LogP contribution in [0.25, 0.3) is 21.7 Å². The van der Waals surface area contributed by atoms with E-state index in [1.54, 1.807) is 30.6 Å². The lowest BCUT2D eigenvalue weighted by molar-refractivity contribution is -0.119. The van der Waals surface area contributed by atoms with E-state index >= 15 is 0 Å². The van der Waals surface area contributed by atoms with E-state index in [0.717, 1.165) is 10.4 Å². The second-order valence-corrected chi connectivity index (χ2v) is 6.90. The fraction of sp³-hybridized carbons (Fsp3) is 0.111. The number of rotatable bonds is 5. The molecule has 0 saturated heterocycles. The summed E-state index contributed by atoms with van der Waals surface area (Å²) in [6.07, 6.45) is 3.32. The van der Waals surface area contributed by atoms with Crippen LogP contribution in [0, 0.1) is 11.3 Å². The smallest absolute Gasteiger partial charge is 0.233 e. The van der Waals surface area contributed by atoms with Crippen LogP contribution in [-0.4, -0.2) is 22.4 Å². The summed E-state index contributed by atoms with van der Waals surface area (Å²) in [4.78, 5) is 20.6.